The quantitative estimate of drug-likeness (QED) is 0.0247. The van der Waals surface area contributed by atoms with Crippen LogP contribution in [0.5, 0.6) is 23.0 Å². The van der Waals surface area contributed by atoms with Crippen LogP contribution < -0.4 is 18.9 Å². The van der Waals surface area contributed by atoms with E-state index in [1.54, 1.807) is 72.8 Å². The Morgan fingerprint density at radius 2 is 1.09 bits per heavy atom. The summed E-state index contributed by atoms with van der Waals surface area (Å²) < 4.78 is 33.9. The molecule has 1 aliphatic carbocycles. The molecule has 0 amide bonds. The minimum Gasteiger partial charge on any atom is -0.494 e. The molecule has 10 heteroatoms. The van der Waals surface area contributed by atoms with Gasteiger partial charge in [-0.15, -0.1) is 6.58 Å². The number of allylic oxidation sites excluding steroid dienone is 1. The van der Waals surface area contributed by atoms with E-state index < -0.39 is 17.9 Å². The molecule has 1 saturated carbocycles. The minimum absolute atomic E-state index is 0.0635. The fraction of sp³-hybridized carbons (Fsp3) is 0.455. The molecule has 0 aliphatic heterocycles. The molecule has 3 atom stereocenters. The molecule has 10 nitrogen and oxygen atoms in total. The highest BCUT2D eigenvalue weighted by molar-refractivity contribution is 5.91. The predicted molar refractivity (Wildman–Crippen MR) is 253 cm³/mol. The molecule has 4 aromatic rings. The lowest BCUT2D eigenvalue weighted by molar-refractivity contribution is -0.145. The van der Waals surface area contributed by atoms with E-state index in [9.17, 15) is 19.2 Å². The van der Waals surface area contributed by atoms with Crippen LogP contribution in [0.2, 0.25) is 0 Å². The Bertz CT molecular complexity index is 2060. The third-order valence-electron chi connectivity index (χ3n) is 11.9. The van der Waals surface area contributed by atoms with Crippen molar-refractivity contribution in [3.8, 4) is 34.1 Å². The van der Waals surface area contributed by atoms with Crippen molar-refractivity contribution < 1.29 is 47.6 Å². The van der Waals surface area contributed by atoms with E-state index in [2.05, 4.69) is 27.4 Å². The first-order chi connectivity index (χ1) is 31.6. The second-order valence-electron chi connectivity index (χ2n) is 17.5. The van der Waals surface area contributed by atoms with Crippen LogP contribution in [-0.4, -0.2) is 49.8 Å². The fourth-order valence-corrected chi connectivity index (χ4v) is 8.03. The van der Waals surface area contributed by atoms with Gasteiger partial charge in [-0.05, 0) is 159 Å². The van der Waals surface area contributed by atoms with Gasteiger partial charge in [-0.25, -0.2) is 14.4 Å². The molecule has 5 rings (SSSR count). The van der Waals surface area contributed by atoms with Gasteiger partial charge in [-0.3, -0.25) is 4.79 Å². The highest BCUT2D eigenvalue weighted by atomic mass is 16.6. The maximum absolute atomic E-state index is 12.9. The van der Waals surface area contributed by atoms with Gasteiger partial charge < -0.3 is 28.4 Å². The zero-order chi connectivity index (χ0) is 46.2. The predicted octanol–water partition coefficient (Wildman–Crippen LogP) is 13.0. The van der Waals surface area contributed by atoms with Crippen molar-refractivity contribution in [2.75, 3.05) is 19.8 Å². The standard InChI is InChI=1S/C55H68O10/c1-5-6-7-8-9-10-11-14-17-52(56)63-47-33-25-44(26-34-47)54(58)61-37-16-13-12-15-36-60-46-27-23-45(24-28-46)55(59)65-49-31-21-43(22-32-49)42-19-29-48(30-20-42)64-53(57)39-62-51-38-41(4)18-35-50(51)40(2)3/h5,19-34,40-41,50-51H,1,6-18,35-39H2,2-4H3. The topological polar surface area (TPSA) is 124 Å². The molecule has 0 saturated heterocycles. The summed E-state index contributed by atoms with van der Waals surface area (Å²) in [4.78, 5) is 50.1. The number of hydrogen-bond acceptors (Lipinski definition) is 10. The lowest BCUT2D eigenvalue weighted by atomic mass is 9.75. The number of carbonyl (C=O) groups is 4. The van der Waals surface area contributed by atoms with E-state index in [4.69, 9.17) is 28.4 Å². The number of esters is 4. The summed E-state index contributed by atoms with van der Waals surface area (Å²) in [6.07, 6.45) is 16.6. The van der Waals surface area contributed by atoms with E-state index in [-0.39, 0.29) is 18.7 Å². The third kappa shape index (κ3) is 18.0. The molecule has 3 unspecified atom stereocenters. The van der Waals surface area contributed by atoms with Crippen LogP contribution in [0.4, 0.5) is 0 Å². The first kappa shape index (κ1) is 50.3. The molecule has 1 aliphatic rings. The van der Waals surface area contributed by atoms with Gasteiger partial charge in [0.05, 0.1) is 30.4 Å². The van der Waals surface area contributed by atoms with Crippen LogP contribution in [0.1, 0.15) is 138 Å². The SMILES string of the molecule is C=CCCCCCCCCC(=O)Oc1ccc(C(=O)OCCCCCCOc2ccc(C(=O)Oc3ccc(-c4ccc(OC(=O)COC5CC(C)CCC5C(C)C)cc4)cc3)cc2)cc1. The number of rotatable bonds is 27. The second-order valence-corrected chi connectivity index (χ2v) is 17.5. The largest absolute Gasteiger partial charge is 0.494 e. The van der Waals surface area contributed by atoms with E-state index in [0.717, 1.165) is 75.3 Å². The van der Waals surface area contributed by atoms with Gasteiger partial charge in [0.1, 0.15) is 29.6 Å². The molecular weight excluding hydrogens is 821 g/mol. The van der Waals surface area contributed by atoms with Gasteiger partial charge in [-0.1, -0.05) is 83.2 Å². The van der Waals surface area contributed by atoms with Crippen molar-refractivity contribution >= 4 is 23.9 Å². The summed E-state index contributed by atoms with van der Waals surface area (Å²) in [6.45, 7) is 11.2. The Morgan fingerprint density at radius 1 is 0.585 bits per heavy atom. The number of unbranched alkanes of at least 4 members (excludes halogenated alkanes) is 9. The summed E-state index contributed by atoms with van der Waals surface area (Å²) in [5.41, 5.74) is 2.66. The molecule has 0 bridgehead atoms. The Balaban J connectivity index is 0.907. The molecule has 0 heterocycles. The van der Waals surface area contributed by atoms with Gasteiger partial charge in [0, 0.05) is 6.42 Å². The average molecular weight is 889 g/mol. The molecule has 0 radical (unpaired) electrons. The molecule has 348 valence electrons. The molecule has 0 N–H and O–H groups in total. The van der Waals surface area contributed by atoms with Crippen molar-refractivity contribution in [3.63, 3.8) is 0 Å². The summed E-state index contributed by atoms with van der Waals surface area (Å²) in [7, 11) is 0. The molecule has 0 spiro atoms. The lowest BCUT2D eigenvalue weighted by Crippen LogP contribution is -2.36. The van der Waals surface area contributed by atoms with Crippen LogP contribution in [0.15, 0.2) is 110 Å². The maximum atomic E-state index is 12.9. The van der Waals surface area contributed by atoms with Gasteiger partial charge in [0.15, 0.2) is 0 Å². The zero-order valence-corrected chi connectivity index (χ0v) is 38.6. The van der Waals surface area contributed by atoms with Crippen molar-refractivity contribution in [3.05, 3.63) is 121 Å². The number of hydrogen-bond donors (Lipinski definition) is 0. The van der Waals surface area contributed by atoms with Gasteiger partial charge >= 0.3 is 23.9 Å². The van der Waals surface area contributed by atoms with E-state index >= 15 is 0 Å². The van der Waals surface area contributed by atoms with Crippen molar-refractivity contribution in [1.29, 1.82) is 0 Å². The van der Waals surface area contributed by atoms with Crippen LogP contribution in [-0.2, 0) is 19.1 Å². The van der Waals surface area contributed by atoms with Crippen LogP contribution in [0, 0.1) is 17.8 Å². The highest BCUT2D eigenvalue weighted by Gasteiger charge is 2.32. The van der Waals surface area contributed by atoms with Crippen molar-refractivity contribution in [2.45, 2.75) is 123 Å². The molecule has 1 fully saturated rings. The number of carbonyl (C=O) groups excluding carboxylic acids is 4. The van der Waals surface area contributed by atoms with Crippen molar-refractivity contribution in [2.24, 2.45) is 17.8 Å². The molecule has 4 aromatic carbocycles. The number of benzene rings is 4. The normalized spacial score (nSPS) is 15.8. The Kier molecular flexibility index (Phi) is 21.3. The first-order valence-electron chi connectivity index (χ1n) is 23.6. The van der Waals surface area contributed by atoms with Crippen molar-refractivity contribution in [1.82, 2.24) is 0 Å². The molecule has 0 aromatic heterocycles. The molecular formula is C55H68O10. The van der Waals surface area contributed by atoms with Gasteiger partial charge in [0.25, 0.3) is 0 Å². The third-order valence-corrected chi connectivity index (χ3v) is 11.9. The number of ether oxygens (including phenoxy) is 6. The maximum Gasteiger partial charge on any atom is 0.343 e. The smallest absolute Gasteiger partial charge is 0.343 e. The van der Waals surface area contributed by atoms with E-state index in [1.165, 1.54) is 25.7 Å². The molecule has 65 heavy (non-hydrogen) atoms. The van der Waals surface area contributed by atoms with Crippen LogP contribution >= 0.6 is 0 Å². The lowest BCUT2D eigenvalue weighted by Gasteiger charge is -2.36. The van der Waals surface area contributed by atoms with Crippen LogP contribution in [0.3, 0.4) is 0 Å². The Morgan fingerprint density at radius 3 is 1.71 bits per heavy atom. The average Bonchev–Trinajstić information content (AvgIpc) is 3.31. The van der Waals surface area contributed by atoms with Gasteiger partial charge in [0.2, 0.25) is 0 Å². The van der Waals surface area contributed by atoms with Gasteiger partial charge in [-0.2, -0.15) is 0 Å². The zero-order valence-electron chi connectivity index (χ0n) is 38.6. The van der Waals surface area contributed by atoms with Crippen LogP contribution in [0.25, 0.3) is 11.1 Å². The van der Waals surface area contributed by atoms with E-state index in [1.807, 2.05) is 30.3 Å². The second kappa shape index (κ2) is 27.6. The minimum atomic E-state index is -0.474. The summed E-state index contributed by atoms with van der Waals surface area (Å²) in [6, 6.07) is 27.8. The summed E-state index contributed by atoms with van der Waals surface area (Å²) >= 11 is 0. The Hall–Kier alpha value is -5.74. The summed E-state index contributed by atoms with van der Waals surface area (Å²) in [5.74, 6) is 1.98. The summed E-state index contributed by atoms with van der Waals surface area (Å²) in [5, 5.41) is 0. The van der Waals surface area contributed by atoms with E-state index in [0.29, 0.717) is 71.5 Å². The fourth-order valence-electron chi connectivity index (χ4n) is 8.03. The first-order valence-corrected chi connectivity index (χ1v) is 23.6. The monoisotopic (exact) mass is 888 g/mol. The Labute approximate surface area is 386 Å². The highest BCUT2D eigenvalue weighted by Crippen LogP contribution is 2.35.